The number of esters is 2. The fraction of sp³-hybridized carbons (Fsp3) is 0.333. The first-order valence-corrected chi connectivity index (χ1v) is 3.09. The molecule has 0 unspecified atom stereocenters. The standard InChI is InChI=1S/C6H6O7.2Ca.4H/c7-3(8)1-5(11)13-6(12)2-4(9)10;;;;;;/h1-2H2,(H,7,8)(H,9,10);;;;;;/q;2*+2;4*-1. The van der Waals surface area contributed by atoms with Crippen LogP contribution in [0.4, 0.5) is 0 Å². The van der Waals surface area contributed by atoms with Crippen molar-refractivity contribution in [2.24, 2.45) is 0 Å². The molecule has 0 amide bonds. The Morgan fingerprint density at radius 1 is 0.867 bits per heavy atom. The fourth-order valence-corrected chi connectivity index (χ4v) is 0.446. The summed E-state index contributed by atoms with van der Waals surface area (Å²) in [7, 11) is 0. The Labute approximate surface area is 150 Å². The van der Waals surface area contributed by atoms with Crippen LogP contribution in [-0.2, 0) is 23.9 Å². The van der Waals surface area contributed by atoms with Crippen molar-refractivity contribution in [3.8, 4) is 0 Å². The SMILES string of the molecule is O=C(O)CC(=O)OC(=O)CC(=O)O.[Ca+2].[Ca+2].[H-].[H-].[H-].[H-]. The normalized spacial score (nSPS) is 7.73. The second-order valence-electron chi connectivity index (χ2n) is 1.99. The summed E-state index contributed by atoms with van der Waals surface area (Å²) in [6, 6.07) is 0. The molecule has 7 nitrogen and oxygen atoms in total. The van der Waals surface area contributed by atoms with Crippen molar-refractivity contribution in [1.29, 1.82) is 0 Å². The van der Waals surface area contributed by atoms with E-state index >= 15 is 0 Å². The molecule has 0 aliphatic carbocycles. The van der Waals surface area contributed by atoms with E-state index < -0.39 is 36.7 Å². The minimum Gasteiger partial charge on any atom is -1.00 e. The molecule has 0 atom stereocenters. The van der Waals surface area contributed by atoms with Gasteiger partial charge in [-0.2, -0.15) is 0 Å². The molecule has 15 heavy (non-hydrogen) atoms. The molecule has 0 spiro atoms. The van der Waals surface area contributed by atoms with E-state index in [1.165, 1.54) is 0 Å². The summed E-state index contributed by atoms with van der Waals surface area (Å²) in [5.41, 5.74) is 0. The van der Waals surface area contributed by atoms with Crippen molar-refractivity contribution in [1.82, 2.24) is 0 Å². The largest absolute Gasteiger partial charge is 2.00 e. The number of hydrogen-bond acceptors (Lipinski definition) is 5. The first-order chi connectivity index (χ1) is 5.91. The second kappa shape index (κ2) is 11.1. The molecule has 0 aromatic rings. The molecule has 0 radical (unpaired) electrons. The first kappa shape index (κ1) is 20.9. The molecular formula is C6H10Ca2O7. The Bertz CT molecular complexity index is 250. The zero-order valence-electron chi connectivity index (χ0n) is 11.8. The summed E-state index contributed by atoms with van der Waals surface area (Å²) in [6.45, 7) is 0. The molecule has 0 aromatic carbocycles. The molecule has 80 valence electrons. The van der Waals surface area contributed by atoms with Crippen LogP contribution in [0.1, 0.15) is 18.5 Å². The van der Waals surface area contributed by atoms with Gasteiger partial charge in [-0.05, 0) is 0 Å². The molecule has 0 bridgehead atoms. The summed E-state index contributed by atoms with van der Waals surface area (Å²) in [6.07, 6.45) is -1.93. The smallest absolute Gasteiger partial charge is 1.00 e. The average Bonchev–Trinajstić information content (AvgIpc) is 1.80. The van der Waals surface area contributed by atoms with E-state index in [9.17, 15) is 19.2 Å². The molecule has 0 saturated carbocycles. The van der Waals surface area contributed by atoms with Gasteiger partial charge in [0, 0.05) is 0 Å². The minimum absolute atomic E-state index is 0. The van der Waals surface area contributed by atoms with Gasteiger partial charge in [-0.25, -0.2) is 0 Å². The van der Waals surface area contributed by atoms with E-state index in [1.807, 2.05) is 0 Å². The maximum absolute atomic E-state index is 10.4. The van der Waals surface area contributed by atoms with Gasteiger partial charge in [0.1, 0.15) is 12.8 Å². The minimum atomic E-state index is -1.45. The van der Waals surface area contributed by atoms with Crippen LogP contribution in [0, 0.1) is 0 Å². The van der Waals surface area contributed by atoms with Gasteiger partial charge in [0.25, 0.3) is 0 Å². The molecule has 0 fully saturated rings. The molecule has 0 saturated heterocycles. The van der Waals surface area contributed by atoms with Gasteiger partial charge in [0.2, 0.25) is 0 Å². The summed E-state index contributed by atoms with van der Waals surface area (Å²) in [5, 5.41) is 16.1. The average molecular weight is 274 g/mol. The number of carboxylic acids is 2. The van der Waals surface area contributed by atoms with Gasteiger partial charge in [0.15, 0.2) is 0 Å². The van der Waals surface area contributed by atoms with Crippen LogP contribution in [0.5, 0.6) is 0 Å². The van der Waals surface area contributed by atoms with Crippen molar-refractivity contribution in [3.05, 3.63) is 0 Å². The van der Waals surface area contributed by atoms with E-state index in [4.69, 9.17) is 10.2 Å². The number of rotatable bonds is 4. The molecule has 9 heteroatoms. The van der Waals surface area contributed by atoms with Gasteiger partial charge in [0.05, 0.1) is 0 Å². The number of carbonyl (C=O) groups excluding carboxylic acids is 2. The Morgan fingerprint density at radius 3 is 1.33 bits per heavy atom. The maximum Gasteiger partial charge on any atom is 2.00 e. The Morgan fingerprint density at radius 2 is 1.13 bits per heavy atom. The van der Waals surface area contributed by atoms with Crippen LogP contribution in [-0.4, -0.2) is 110 Å². The molecule has 0 aromatic heterocycles. The number of ether oxygens (including phenoxy) is 1. The van der Waals surface area contributed by atoms with Crippen molar-refractivity contribution >= 4 is 99.4 Å². The van der Waals surface area contributed by atoms with Gasteiger partial charge in [-0.1, -0.05) is 0 Å². The molecule has 2 N–H and O–H groups in total. The topological polar surface area (TPSA) is 118 Å². The Balaban J connectivity index is -0.0000000480. The first-order valence-electron chi connectivity index (χ1n) is 3.09. The van der Waals surface area contributed by atoms with Crippen LogP contribution in [0.3, 0.4) is 0 Å². The zero-order chi connectivity index (χ0) is 10.4. The van der Waals surface area contributed by atoms with Crippen LogP contribution < -0.4 is 0 Å². The van der Waals surface area contributed by atoms with Crippen LogP contribution in [0.25, 0.3) is 0 Å². The summed E-state index contributed by atoms with van der Waals surface area (Å²) in [4.78, 5) is 40.6. The maximum atomic E-state index is 10.4. The number of aliphatic carboxylic acids is 2. The summed E-state index contributed by atoms with van der Waals surface area (Å²) >= 11 is 0. The number of carboxylic acid groups (broad SMARTS) is 2. The third kappa shape index (κ3) is 14.6. The van der Waals surface area contributed by atoms with Gasteiger partial charge in [-0.3, -0.25) is 19.2 Å². The predicted molar refractivity (Wildman–Crippen MR) is 51.6 cm³/mol. The van der Waals surface area contributed by atoms with E-state index in [0.29, 0.717) is 0 Å². The molecular weight excluding hydrogens is 264 g/mol. The number of carbonyl (C=O) groups is 4. The van der Waals surface area contributed by atoms with Crippen LogP contribution in [0.15, 0.2) is 0 Å². The van der Waals surface area contributed by atoms with Crippen molar-refractivity contribution in [2.45, 2.75) is 12.8 Å². The van der Waals surface area contributed by atoms with Crippen LogP contribution >= 0.6 is 0 Å². The fourth-order valence-electron chi connectivity index (χ4n) is 0.446. The third-order valence-electron chi connectivity index (χ3n) is 0.819. The van der Waals surface area contributed by atoms with Crippen molar-refractivity contribution in [3.63, 3.8) is 0 Å². The zero-order valence-corrected chi connectivity index (χ0v) is 12.2. The summed E-state index contributed by atoms with van der Waals surface area (Å²) in [5.74, 6) is -5.46. The van der Waals surface area contributed by atoms with E-state index in [1.54, 1.807) is 0 Å². The summed E-state index contributed by atoms with van der Waals surface area (Å²) < 4.78 is 3.83. The van der Waals surface area contributed by atoms with Gasteiger partial charge in [-0.15, -0.1) is 0 Å². The Hall–Kier alpha value is 0.599. The van der Waals surface area contributed by atoms with E-state index in [-0.39, 0.29) is 81.2 Å². The van der Waals surface area contributed by atoms with Gasteiger partial charge >= 0.3 is 99.4 Å². The Kier molecular flexibility index (Phi) is 15.5. The molecule has 0 aliphatic rings. The van der Waals surface area contributed by atoms with E-state index in [0.717, 1.165) is 0 Å². The molecule has 0 rings (SSSR count). The predicted octanol–water partition coefficient (Wildman–Crippen LogP) is -1.31. The third-order valence-corrected chi connectivity index (χ3v) is 0.819. The molecule has 0 heterocycles. The molecule has 0 aliphatic heterocycles. The quantitative estimate of drug-likeness (QED) is 0.371. The monoisotopic (exact) mass is 274 g/mol. The van der Waals surface area contributed by atoms with Gasteiger partial charge < -0.3 is 20.7 Å². The second-order valence-corrected chi connectivity index (χ2v) is 1.99. The number of hydrogen-bond donors (Lipinski definition) is 2. The van der Waals surface area contributed by atoms with E-state index in [2.05, 4.69) is 4.74 Å². The van der Waals surface area contributed by atoms with Crippen molar-refractivity contribution < 1.29 is 39.8 Å². The van der Waals surface area contributed by atoms with Crippen LogP contribution in [0.2, 0.25) is 0 Å². The van der Waals surface area contributed by atoms with Crippen molar-refractivity contribution in [2.75, 3.05) is 0 Å².